The standard InChI is InChI=1S/C14H15N3O3S/c1-11-5-6-12(4-2-3-9-18)10-13(11)17-21(19,20)14-7-8-15-16-14/h5-8,10,17-18H,3,9H2,1H3,(H,15,16). The van der Waals surface area contributed by atoms with E-state index in [1.807, 2.05) is 0 Å². The van der Waals surface area contributed by atoms with Gasteiger partial charge in [0.05, 0.1) is 18.5 Å². The van der Waals surface area contributed by atoms with E-state index < -0.39 is 10.0 Å². The monoisotopic (exact) mass is 305 g/mol. The van der Waals surface area contributed by atoms with Crippen molar-refractivity contribution in [1.82, 2.24) is 10.2 Å². The van der Waals surface area contributed by atoms with Crippen molar-refractivity contribution in [2.75, 3.05) is 11.3 Å². The van der Waals surface area contributed by atoms with Gasteiger partial charge >= 0.3 is 0 Å². The quantitative estimate of drug-likeness (QED) is 0.741. The summed E-state index contributed by atoms with van der Waals surface area (Å²) in [5.41, 5.74) is 1.92. The highest BCUT2D eigenvalue weighted by atomic mass is 32.2. The number of hydrogen-bond acceptors (Lipinski definition) is 4. The number of rotatable bonds is 4. The lowest BCUT2D eigenvalue weighted by Crippen LogP contribution is -2.14. The molecular formula is C14H15N3O3S. The fraction of sp³-hybridized carbons (Fsp3) is 0.214. The first-order valence-corrected chi connectivity index (χ1v) is 7.74. The molecule has 0 radical (unpaired) electrons. The van der Waals surface area contributed by atoms with Crippen LogP contribution in [-0.4, -0.2) is 30.3 Å². The third-order valence-electron chi connectivity index (χ3n) is 2.72. The zero-order valence-electron chi connectivity index (χ0n) is 11.4. The summed E-state index contributed by atoms with van der Waals surface area (Å²) in [5, 5.41) is 14.7. The number of aliphatic hydroxyl groups excluding tert-OH is 1. The second kappa shape index (κ2) is 6.43. The third kappa shape index (κ3) is 3.84. The minimum Gasteiger partial charge on any atom is -0.395 e. The lowest BCUT2D eigenvalue weighted by atomic mass is 10.1. The molecule has 0 aliphatic heterocycles. The molecule has 0 aliphatic carbocycles. The normalized spacial score (nSPS) is 10.8. The molecule has 7 heteroatoms. The van der Waals surface area contributed by atoms with Gasteiger partial charge in [0.2, 0.25) is 0 Å². The first kappa shape index (κ1) is 15.1. The molecule has 0 unspecified atom stereocenters. The van der Waals surface area contributed by atoms with Crippen LogP contribution in [0.25, 0.3) is 0 Å². The van der Waals surface area contributed by atoms with Crippen molar-refractivity contribution in [3.8, 4) is 11.8 Å². The van der Waals surface area contributed by atoms with E-state index in [9.17, 15) is 8.42 Å². The van der Waals surface area contributed by atoms with Crippen LogP contribution in [0, 0.1) is 18.8 Å². The van der Waals surface area contributed by atoms with Crippen LogP contribution < -0.4 is 4.72 Å². The van der Waals surface area contributed by atoms with Gasteiger partial charge in [0.25, 0.3) is 10.0 Å². The SMILES string of the molecule is Cc1ccc(C#CCCO)cc1NS(=O)(=O)c1ccn[nH]1. The Morgan fingerprint density at radius 1 is 1.38 bits per heavy atom. The summed E-state index contributed by atoms with van der Waals surface area (Å²) in [6.07, 6.45) is 1.75. The maximum Gasteiger partial charge on any atom is 0.278 e. The highest BCUT2D eigenvalue weighted by Gasteiger charge is 2.16. The van der Waals surface area contributed by atoms with Crippen molar-refractivity contribution in [2.45, 2.75) is 18.4 Å². The largest absolute Gasteiger partial charge is 0.395 e. The molecule has 1 heterocycles. The molecule has 2 rings (SSSR count). The van der Waals surface area contributed by atoms with Crippen LogP contribution in [0.1, 0.15) is 17.5 Å². The Balaban J connectivity index is 2.28. The lowest BCUT2D eigenvalue weighted by Gasteiger charge is -2.09. The highest BCUT2D eigenvalue weighted by Crippen LogP contribution is 2.20. The van der Waals surface area contributed by atoms with E-state index in [-0.39, 0.29) is 11.6 Å². The second-order valence-corrected chi connectivity index (χ2v) is 5.98. The summed E-state index contributed by atoms with van der Waals surface area (Å²) in [6, 6.07) is 6.62. The molecule has 0 spiro atoms. The average Bonchev–Trinajstić information content (AvgIpc) is 2.97. The molecular weight excluding hydrogens is 290 g/mol. The van der Waals surface area contributed by atoms with Crippen molar-refractivity contribution in [3.05, 3.63) is 41.6 Å². The summed E-state index contributed by atoms with van der Waals surface area (Å²) in [4.78, 5) is 0. The van der Waals surface area contributed by atoms with E-state index in [2.05, 4.69) is 26.8 Å². The molecule has 0 saturated heterocycles. The zero-order valence-corrected chi connectivity index (χ0v) is 12.2. The molecule has 0 saturated carbocycles. The number of anilines is 1. The van der Waals surface area contributed by atoms with E-state index in [4.69, 9.17) is 5.11 Å². The smallest absolute Gasteiger partial charge is 0.278 e. The molecule has 0 bridgehead atoms. The number of aryl methyl sites for hydroxylation is 1. The van der Waals surface area contributed by atoms with Crippen molar-refractivity contribution in [2.24, 2.45) is 0 Å². The summed E-state index contributed by atoms with van der Waals surface area (Å²) in [6.45, 7) is 1.80. The number of H-pyrrole nitrogens is 1. The Morgan fingerprint density at radius 2 is 2.19 bits per heavy atom. The molecule has 3 N–H and O–H groups in total. The molecule has 1 aromatic heterocycles. The number of sulfonamides is 1. The molecule has 0 atom stereocenters. The van der Waals surface area contributed by atoms with Crippen molar-refractivity contribution >= 4 is 15.7 Å². The zero-order chi connectivity index (χ0) is 15.3. The Labute approximate surface area is 123 Å². The number of benzene rings is 1. The van der Waals surface area contributed by atoms with Gasteiger partial charge in [-0.15, -0.1) is 0 Å². The van der Waals surface area contributed by atoms with Crippen LogP contribution in [0.3, 0.4) is 0 Å². The number of aromatic nitrogens is 2. The van der Waals surface area contributed by atoms with Gasteiger partial charge in [-0.1, -0.05) is 17.9 Å². The maximum atomic E-state index is 12.1. The minimum absolute atomic E-state index is 0.00123. The number of aliphatic hydroxyl groups is 1. The van der Waals surface area contributed by atoms with Crippen LogP contribution in [0.15, 0.2) is 35.5 Å². The molecule has 6 nitrogen and oxygen atoms in total. The Morgan fingerprint density at radius 3 is 2.86 bits per heavy atom. The van der Waals surface area contributed by atoms with Crippen molar-refractivity contribution in [3.63, 3.8) is 0 Å². The van der Waals surface area contributed by atoms with E-state index in [0.29, 0.717) is 17.7 Å². The molecule has 0 fully saturated rings. The number of nitrogens with zero attached hydrogens (tertiary/aromatic N) is 1. The molecule has 21 heavy (non-hydrogen) atoms. The molecule has 1 aromatic carbocycles. The fourth-order valence-corrected chi connectivity index (χ4v) is 2.65. The fourth-order valence-electron chi connectivity index (χ4n) is 1.62. The molecule has 0 aliphatic rings. The summed E-state index contributed by atoms with van der Waals surface area (Å²) in [7, 11) is -3.69. The van der Waals surface area contributed by atoms with Crippen LogP contribution in [-0.2, 0) is 10.0 Å². The van der Waals surface area contributed by atoms with Gasteiger partial charge in [0.1, 0.15) is 0 Å². The summed E-state index contributed by atoms with van der Waals surface area (Å²) >= 11 is 0. The van der Waals surface area contributed by atoms with Crippen LogP contribution in [0.4, 0.5) is 5.69 Å². The third-order valence-corrected chi connectivity index (χ3v) is 4.01. The maximum absolute atomic E-state index is 12.1. The van der Waals surface area contributed by atoms with E-state index in [1.54, 1.807) is 25.1 Å². The number of nitrogens with one attached hydrogen (secondary N) is 2. The average molecular weight is 305 g/mol. The molecule has 2 aromatic rings. The van der Waals surface area contributed by atoms with Crippen molar-refractivity contribution in [1.29, 1.82) is 0 Å². The highest BCUT2D eigenvalue weighted by molar-refractivity contribution is 7.92. The number of aromatic amines is 1. The minimum atomic E-state index is -3.69. The number of hydrogen-bond donors (Lipinski definition) is 3. The van der Waals surface area contributed by atoms with Crippen LogP contribution in [0.2, 0.25) is 0 Å². The summed E-state index contributed by atoms with van der Waals surface area (Å²) < 4.78 is 26.8. The lowest BCUT2D eigenvalue weighted by molar-refractivity contribution is 0.305. The first-order valence-electron chi connectivity index (χ1n) is 6.25. The van der Waals surface area contributed by atoms with Crippen LogP contribution in [0.5, 0.6) is 0 Å². The Kier molecular flexibility index (Phi) is 4.62. The van der Waals surface area contributed by atoms with E-state index in [0.717, 1.165) is 5.56 Å². The second-order valence-electron chi connectivity index (χ2n) is 4.33. The van der Waals surface area contributed by atoms with Gasteiger partial charge in [-0.05, 0) is 30.7 Å². The first-order chi connectivity index (χ1) is 10.0. The summed E-state index contributed by atoms with van der Waals surface area (Å²) in [5.74, 6) is 5.66. The van der Waals surface area contributed by atoms with Gasteiger partial charge in [-0.25, -0.2) is 0 Å². The van der Waals surface area contributed by atoms with E-state index >= 15 is 0 Å². The molecule has 110 valence electrons. The van der Waals surface area contributed by atoms with Gasteiger partial charge in [0.15, 0.2) is 5.03 Å². The Bertz CT molecular complexity index is 772. The van der Waals surface area contributed by atoms with Crippen molar-refractivity contribution < 1.29 is 13.5 Å². The predicted octanol–water partition coefficient (Wildman–Crippen LogP) is 1.25. The molecule has 0 amide bonds. The van der Waals surface area contributed by atoms with Gasteiger partial charge in [-0.3, -0.25) is 9.82 Å². The Hall–Kier alpha value is -2.30. The van der Waals surface area contributed by atoms with Gasteiger partial charge in [-0.2, -0.15) is 13.5 Å². The van der Waals surface area contributed by atoms with Crippen LogP contribution >= 0.6 is 0 Å². The predicted molar refractivity (Wildman–Crippen MR) is 79.2 cm³/mol. The topological polar surface area (TPSA) is 95.1 Å². The van der Waals surface area contributed by atoms with Gasteiger partial charge < -0.3 is 5.11 Å². The van der Waals surface area contributed by atoms with Gasteiger partial charge in [0, 0.05) is 12.0 Å². The van der Waals surface area contributed by atoms with E-state index in [1.165, 1.54) is 12.3 Å².